The molecule has 0 fully saturated rings. The van der Waals surface area contributed by atoms with Gasteiger partial charge in [0, 0.05) is 102 Å². The lowest BCUT2D eigenvalue weighted by Crippen LogP contribution is -2.36. The van der Waals surface area contributed by atoms with Gasteiger partial charge < -0.3 is 34.0 Å². The quantitative estimate of drug-likeness (QED) is 0.129. The highest BCUT2D eigenvalue weighted by Crippen LogP contribution is 2.50. The Morgan fingerprint density at radius 2 is 0.622 bits per heavy atom. The Kier molecular flexibility index (Phi) is 64.5. The van der Waals surface area contributed by atoms with Gasteiger partial charge in [0.05, 0.1) is 40.0 Å². The van der Waals surface area contributed by atoms with Crippen LogP contribution in [0.25, 0.3) is 77.2 Å². The van der Waals surface area contributed by atoms with Crippen molar-refractivity contribution < 1.29 is 9.36 Å². The Hall–Kier alpha value is -12.1. The number of aromatic nitrogens is 5. The fourth-order valence-corrected chi connectivity index (χ4v) is 15.7. The number of pyridine rings is 1. The number of rotatable bonds is 4. The van der Waals surface area contributed by atoms with Gasteiger partial charge in [-0.05, 0) is 162 Å². The summed E-state index contributed by atoms with van der Waals surface area (Å²) in [4.78, 5) is 14.0. The van der Waals surface area contributed by atoms with Crippen LogP contribution >= 0.6 is 0 Å². The molecular weight excluding hydrogens is 1640 g/mol. The molecule has 0 amide bonds. The van der Waals surface area contributed by atoms with E-state index in [0.717, 1.165) is 0 Å². The van der Waals surface area contributed by atoms with E-state index in [1.807, 2.05) is 227 Å². The lowest BCUT2D eigenvalue weighted by Gasteiger charge is -2.36. The van der Waals surface area contributed by atoms with Crippen LogP contribution in [-0.4, -0.2) is 63.2 Å². The summed E-state index contributed by atoms with van der Waals surface area (Å²) in [5.74, 6) is 0. The van der Waals surface area contributed by atoms with Crippen molar-refractivity contribution in [3.8, 4) is 22.5 Å². The van der Waals surface area contributed by atoms with E-state index in [0.29, 0.717) is 18.5 Å². The third-order valence-electron chi connectivity index (χ3n) is 21.6. The molecule has 135 heavy (non-hydrogen) atoms. The molecule has 0 aliphatic carbocycles. The van der Waals surface area contributed by atoms with Crippen molar-refractivity contribution in [3.05, 3.63) is 343 Å². The van der Waals surface area contributed by atoms with Crippen LogP contribution < -0.4 is 29.0 Å². The van der Waals surface area contributed by atoms with Gasteiger partial charge >= 0.3 is 0 Å². The summed E-state index contributed by atoms with van der Waals surface area (Å²) < 4.78 is 11.0. The summed E-state index contributed by atoms with van der Waals surface area (Å²) in [6.07, 6.45) is 13.8. The molecule has 0 saturated carbocycles. The van der Waals surface area contributed by atoms with Crippen LogP contribution in [-0.2, 0) is 14.1 Å². The number of hydrogen-bond acceptors (Lipinski definition) is 6. The summed E-state index contributed by atoms with van der Waals surface area (Å²) in [7, 11) is 10.5. The summed E-state index contributed by atoms with van der Waals surface area (Å²) in [6, 6.07) is 92.5. The predicted molar refractivity (Wildman–Crippen MR) is 612 cm³/mol. The third kappa shape index (κ3) is 31.0. The molecule has 3 atom stereocenters. The first-order valence-electron chi connectivity index (χ1n) is 51.7. The van der Waals surface area contributed by atoms with Crippen molar-refractivity contribution in [3.63, 3.8) is 0 Å². The molecule has 736 valence electrons. The largest absolute Gasteiger partial charge is 0.359 e. The minimum absolute atomic E-state index is 0.350. The van der Waals surface area contributed by atoms with E-state index in [1.165, 1.54) is 150 Å². The summed E-state index contributed by atoms with van der Waals surface area (Å²) in [5.41, 5.74) is 28.7. The number of fused-ring (bicyclic) bond motifs is 16. The molecule has 0 spiro atoms. The van der Waals surface area contributed by atoms with Gasteiger partial charge in [0.2, 0.25) is 0 Å². The van der Waals surface area contributed by atoms with Crippen LogP contribution in [0.2, 0.25) is 0 Å². The van der Waals surface area contributed by atoms with Gasteiger partial charge in [0.25, 0.3) is 0 Å². The van der Waals surface area contributed by atoms with Gasteiger partial charge in [-0.15, -0.1) is 18.6 Å². The average molecular weight is 1830 g/mol. The Balaban J connectivity index is 0. The number of para-hydroxylation sites is 10. The van der Waals surface area contributed by atoms with Crippen molar-refractivity contribution in [2.24, 2.45) is 14.1 Å². The second-order valence-corrected chi connectivity index (χ2v) is 28.3. The minimum atomic E-state index is 0.350. The summed E-state index contributed by atoms with van der Waals surface area (Å²) in [6.45, 7) is 81.9. The fourth-order valence-electron chi connectivity index (χ4n) is 15.7. The standard InChI is InChI=1S/C20H17N.C18H18N2.C17H15N2.C16H18N2.C12H16N2.C11H13N2.15C2H6/c1-14-8-3-5-12-18(14)21-19-13-6-4-10-16(19)17-11-7-9-15(2)20(17)21;1-12-7-6-10-16-14-8-4-5-9-15(14)17-11-19(3)13(2)20(17)18(12)16;1-12-6-5-9-15-13-7-3-4-8-14(13)16-10-11-18(2)19(16)17(12)15;1-12-8-4-5-9-14(12)18-13(2)17(3)15-10-6-7-11-16(15)18;1-10-6-4-5-7-12(10)14-9-8-13(3)11(14)2;1-10-6-3-4-7-11(10)13-9-5-8-12(13)2;15*1-2/h3-13H,1-2H3;4-11,13H,1-3H3;3-11H,1-2H3;4-11,13H,1-3H3;4-9,11H,1-3H3;3-9H,1-2H3;15*1-2H3/q;;+1;;;+1;;;;;;;;;;;;;;;/t;13-;;13-;11-;;;;;;;;;;;;;;;;/m.0.00................/s1. The molecule has 15 aromatic rings. The lowest BCUT2D eigenvalue weighted by molar-refractivity contribution is -0.744. The van der Waals surface area contributed by atoms with Crippen LogP contribution in [0.3, 0.4) is 0 Å². The van der Waals surface area contributed by atoms with Crippen LogP contribution in [0.15, 0.2) is 298 Å². The molecule has 0 bridgehead atoms. The van der Waals surface area contributed by atoms with E-state index in [1.54, 1.807) is 0 Å². The number of nitrogens with zero attached hydrogens (tertiary/aromatic N) is 11. The van der Waals surface area contributed by atoms with Crippen molar-refractivity contribution in [1.29, 1.82) is 0 Å². The van der Waals surface area contributed by atoms with Crippen molar-refractivity contribution in [2.75, 3.05) is 40.7 Å². The van der Waals surface area contributed by atoms with Gasteiger partial charge in [-0.25, -0.2) is 0 Å². The molecule has 0 saturated heterocycles. The average Bonchev–Trinajstić information content (AvgIpc) is 1.68. The molecule has 4 aromatic heterocycles. The highest BCUT2D eigenvalue weighted by atomic mass is 15.4. The number of anilines is 5. The first kappa shape index (κ1) is 125. The zero-order chi connectivity index (χ0) is 103. The number of aryl methyl sites for hydroxylation is 9. The molecule has 0 radical (unpaired) electrons. The molecule has 4 aliphatic heterocycles. The van der Waals surface area contributed by atoms with E-state index in [-0.39, 0.29) is 0 Å². The monoisotopic (exact) mass is 1830 g/mol. The Morgan fingerprint density at radius 1 is 0.252 bits per heavy atom. The van der Waals surface area contributed by atoms with Crippen LogP contribution in [0.4, 0.5) is 28.4 Å². The van der Waals surface area contributed by atoms with Crippen molar-refractivity contribution in [2.45, 2.75) is 295 Å². The highest BCUT2D eigenvalue weighted by Gasteiger charge is 2.36. The van der Waals surface area contributed by atoms with Gasteiger partial charge in [-0.2, -0.15) is 0 Å². The fraction of sp³-hybridized carbons (Fsp3) is 0.387. The molecule has 8 heterocycles. The van der Waals surface area contributed by atoms with Gasteiger partial charge in [-0.1, -0.05) is 414 Å². The zero-order valence-corrected chi connectivity index (χ0v) is 93.4. The Labute approximate surface area is 826 Å². The molecule has 11 heteroatoms. The summed E-state index contributed by atoms with van der Waals surface area (Å²) in [5, 5.41) is 6.59. The first-order valence-corrected chi connectivity index (χ1v) is 51.7. The second-order valence-electron chi connectivity index (χ2n) is 28.3. The van der Waals surface area contributed by atoms with Gasteiger partial charge in [0.1, 0.15) is 35.2 Å². The minimum Gasteiger partial charge on any atom is -0.359 e. The van der Waals surface area contributed by atoms with Gasteiger partial charge in [-0.3, -0.25) is 0 Å². The predicted octanol–water partition coefficient (Wildman–Crippen LogP) is 36.3. The molecule has 11 aromatic carbocycles. The Morgan fingerprint density at radius 3 is 1.10 bits per heavy atom. The van der Waals surface area contributed by atoms with Crippen LogP contribution in [0, 0.1) is 48.5 Å². The van der Waals surface area contributed by atoms with E-state index in [9.17, 15) is 0 Å². The maximum absolute atomic E-state index is 2.47. The van der Waals surface area contributed by atoms with E-state index < -0.39 is 0 Å². The van der Waals surface area contributed by atoms with E-state index >= 15 is 0 Å². The van der Waals surface area contributed by atoms with E-state index in [4.69, 9.17) is 0 Å². The molecular formula is C124H187N11+2. The maximum Gasteiger partial charge on any atom is 0.196 e. The van der Waals surface area contributed by atoms with Crippen molar-refractivity contribution >= 4 is 83.1 Å². The molecule has 11 nitrogen and oxygen atoms in total. The molecule has 4 aliphatic rings. The summed E-state index contributed by atoms with van der Waals surface area (Å²) >= 11 is 0. The third-order valence-corrected chi connectivity index (χ3v) is 21.6. The Bertz CT molecular complexity index is 5750. The molecule has 0 unspecified atom stereocenters. The van der Waals surface area contributed by atoms with Crippen LogP contribution in [0.1, 0.15) is 273 Å². The number of hydrogen-bond donors (Lipinski definition) is 0. The normalized spacial score (nSPS) is 12.5. The first-order chi connectivity index (χ1) is 65.9. The van der Waals surface area contributed by atoms with E-state index in [2.05, 4.69) is 436 Å². The second kappa shape index (κ2) is 69.7. The maximum atomic E-state index is 2.47. The number of benzene rings is 11. The smallest absolute Gasteiger partial charge is 0.196 e. The SMILES string of the molecule is CC.CC.CC.CC.CC.CC.CC.CC.CC.CC.CC.CC.CC.CC.CC.Cc1cccc2c1N1C(=CN(C)[C@@H]1C)c1ccccc1-2.Cc1cccc2c3ccccc3c3cc[n+](C)n3c12.Cc1ccccc1-n1c2ccccc2c2cccc(C)c21.Cc1ccccc1-n1ccc[n+]1C.Cc1ccccc1N1C=CN(C)[C@@H]1C.Cc1ccccc1N1c2ccccc2N(C)[C@@H]1C. The topological polar surface area (TPSA) is 41.5 Å². The molecule has 0 N–H and O–H groups in total. The zero-order valence-electron chi connectivity index (χ0n) is 93.4. The lowest BCUT2D eigenvalue weighted by atomic mass is 9.90. The molecule has 19 rings (SSSR count). The highest BCUT2D eigenvalue weighted by molar-refractivity contribution is 6.13. The van der Waals surface area contributed by atoms with Crippen molar-refractivity contribution in [1.82, 2.24) is 23.6 Å². The van der Waals surface area contributed by atoms with Gasteiger partial charge in [0.15, 0.2) is 26.5 Å². The van der Waals surface area contributed by atoms with Crippen LogP contribution in [0.5, 0.6) is 0 Å².